The van der Waals surface area contributed by atoms with E-state index in [4.69, 9.17) is 9.47 Å². The zero-order chi connectivity index (χ0) is 20.6. The fraction of sp³-hybridized carbons (Fsp3) is 0.471. The van der Waals surface area contributed by atoms with E-state index in [1.54, 1.807) is 0 Å². The van der Waals surface area contributed by atoms with Crippen molar-refractivity contribution in [2.45, 2.75) is 36.1 Å². The molecule has 2 aliphatic rings. The van der Waals surface area contributed by atoms with E-state index in [2.05, 4.69) is 5.32 Å². The summed E-state index contributed by atoms with van der Waals surface area (Å²) in [6, 6.07) is 3.98. The smallest absolute Gasteiger partial charge is 0.330 e. The van der Waals surface area contributed by atoms with Crippen LogP contribution in [0.1, 0.15) is 13.8 Å². The van der Waals surface area contributed by atoms with Gasteiger partial charge in [0.15, 0.2) is 6.61 Å². The Morgan fingerprint density at radius 1 is 1.39 bits per heavy atom. The Balaban J connectivity index is 1.59. The third-order valence-electron chi connectivity index (χ3n) is 4.58. The molecule has 0 spiro atoms. The first-order valence-corrected chi connectivity index (χ1v) is 9.28. The van der Waals surface area contributed by atoms with Gasteiger partial charge in [-0.1, -0.05) is 6.07 Å². The molecule has 0 radical (unpaired) electrons. The molecule has 3 rings (SSSR count). The van der Waals surface area contributed by atoms with Gasteiger partial charge in [-0.25, -0.2) is 4.79 Å². The number of ether oxygens (including phenoxy) is 2. The summed E-state index contributed by atoms with van der Waals surface area (Å²) in [5.74, 6) is -1.22. The second kappa shape index (κ2) is 7.30. The largest absolute Gasteiger partial charge is 0.484 e. The maximum atomic E-state index is 12.5. The molecule has 2 amide bonds. The molecular weight excluding hydrogens is 390 g/mol. The van der Waals surface area contributed by atoms with Crippen LogP contribution in [0.2, 0.25) is 0 Å². The molecule has 1 aromatic rings. The molecule has 0 aliphatic carbocycles. The van der Waals surface area contributed by atoms with Crippen LogP contribution < -0.4 is 10.1 Å². The molecule has 2 aliphatic heterocycles. The molecule has 1 unspecified atom stereocenters. The molecule has 28 heavy (non-hydrogen) atoms. The van der Waals surface area contributed by atoms with Crippen molar-refractivity contribution >= 4 is 35.2 Å². The Morgan fingerprint density at radius 3 is 2.75 bits per heavy atom. The van der Waals surface area contributed by atoms with E-state index >= 15 is 0 Å². The topological polar surface area (TPSA) is 128 Å². The van der Waals surface area contributed by atoms with Crippen molar-refractivity contribution in [2.24, 2.45) is 0 Å². The highest BCUT2D eigenvalue weighted by Crippen LogP contribution is 2.50. The summed E-state index contributed by atoms with van der Waals surface area (Å²) in [5.41, 5.74) is -0.152. The Labute approximate surface area is 164 Å². The minimum absolute atomic E-state index is 0.152. The van der Waals surface area contributed by atoms with Gasteiger partial charge >= 0.3 is 5.97 Å². The zero-order valence-electron chi connectivity index (χ0n) is 15.4. The van der Waals surface area contributed by atoms with Gasteiger partial charge < -0.3 is 19.7 Å². The van der Waals surface area contributed by atoms with Gasteiger partial charge in [-0.3, -0.25) is 19.7 Å². The summed E-state index contributed by atoms with van der Waals surface area (Å²) < 4.78 is 9.52. The van der Waals surface area contributed by atoms with Crippen molar-refractivity contribution in [3.05, 3.63) is 34.4 Å². The van der Waals surface area contributed by atoms with E-state index in [9.17, 15) is 24.5 Å². The van der Waals surface area contributed by atoms with Gasteiger partial charge in [0.25, 0.3) is 11.6 Å². The minimum atomic E-state index is -0.764. The third kappa shape index (κ3) is 3.49. The fourth-order valence-electron chi connectivity index (χ4n) is 3.29. The number of amides is 2. The Hall–Kier alpha value is -2.82. The van der Waals surface area contributed by atoms with E-state index in [-0.39, 0.29) is 22.7 Å². The zero-order valence-corrected chi connectivity index (χ0v) is 16.2. The number of nitro benzene ring substituents is 1. The number of hydrogen-bond donors (Lipinski definition) is 1. The van der Waals surface area contributed by atoms with Crippen LogP contribution in [0.25, 0.3) is 0 Å². The summed E-state index contributed by atoms with van der Waals surface area (Å²) in [4.78, 5) is 48.3. The van der Waals surface area contributed by atoms with Gasteiger partial charge in [0.05, 0.1) is 18.1 Å². The summed E-state index contributed by atoms with van der Waals surface area (Å²) in [6.07, 6.45) is 0. The lowest BCUT2D eigenvalue weighted by atomic mass is 9.96. The number of benzene rings is 1. The number of fused-ring (bicyclic) bond motifs is 1. The lowest BCUT2D eigenvalue weighted by Crippen LogP contribution is -2.71. The molecule has 0 bridgehead atoms. The predicted molar refractivity (Wildman–Crippen MR) is 98.6 cm³/mol. The lowest BCUT2D eigenvalue weighted by molar-refractivity contribution is -0.384. The van der Waals surface area contributed by atoms with Crippen molar-refractivity contribution in [3.8, 4) is 5.75 Å². The van der Waals surface area contributed by atoms with Crippen molar-refractivity contribution in [2.75, 3.05) is 13.7 Å². The number of nitrogens with zero attached hydrogens (tertiary/aromatic N) is 2. The number of carbonyl (C=O) groups excluding carboxylic acids is 3. The summed E-state index contributed by atoms with van der Waals surface area (Å²) in [6.45, 7) is 3.29. The first-order chi connectivity index (χ1) is 13.2. The monoisotopic (exact) mass is 409 g/mol. The van der Waals surface area contributed by atoms with Gasteiger partial charge in [-0.15, -0.1) is 11.8 Å². The molecule has 3 atom stereocenters. The molecule has 1 aromatic carbocycles. The van der Waals surface area contributed by atoms with Gasteiger partial charge in [-0.2, -0.15) is 0 Å². The quantitative estimate of drug-likeness (QED) is 0.315. The van der Waals surface area contributed by atoms with Crippen LogP contribution in [0, 0.1) is 10.1 Å². The molecule has 150 valence electrons. The molecular formula is C17H19N3O7S. The number of nitro groups is 1. The van der Waals surface area contributed by atoms with Crippen molar-refractivity contribution in [3.63, 3.8) is 0 Å². The summed E-state index contributed by atoms with van der Waals surface area (Å²) in [7, 11) is 1.27. The maximum absolute atomic E-state index is 12.5. The van der Waals surface area contributed by atoms with E-state index in [0.717, 1.165) is 0 Å². The maximum Gasteiger partial charge on any atom is 0.330 e. The Morgan fingerprint density at radius 2 is 2.11 bits per heavy atom. The van der Waals surface area contributed by atoms with E-state index in [0.29, 0.717) is 0 Å². The molecule has 11 heteroatoms. The number of thioether (sulfide) groups is 1. The highest BCUT2D eigenvalue weighted by molar-refractivity contribution is 8.01. The molecule has 2 saturated heterocycles. The standard InChI is InChI=1S/C17H19N3O7S/c1-17(2)13(16(23)26-3)19-14(22)12(15(19)28-17)18-11(21)8-27-10-6-4-5-9(7-10)20(24)25/h4-7,12-13,15H,8H2,1-3H3,(H,18,21)/t12?,13-,15+/m0/s1. The van der Waals surface area contributed by atoms with E-state index < -0.39 is 40.2 Å². The second-order valence-corrected chi connectivity index (χ2v) is 8.64. The first-order valence-electron chi connectivity index (χ1n) is 8.40. The van der Waals surface area contributed by atoms with Crippen LogP contribution in [-0.4, -0.2) is 63.5 Å². The summed E-state index contributed by atoms with van der Waals surface area (Å²) >= 11 is 1.42. The number of methoxy groups -OCH3 is 1. The predicted octanol–water partition coefficient (Wildman–Crippen LogP) is 0.694. The van der Waals surface area contributed by atoms with Crippen molar-refractivity contribution < 1.29 is 28.8 Å². The van der Waals surface area contributed by atoms with Gasteiger partial charge in [-0.05, 0) is 19.9 Å². The highest BCUT2D eigenvalue weighted by Gasteiger charge is 2.64. The number of esters is 1. The van der Waals surface area contributed by atoms with E-state index in [1.165, 1.54) is 48.0 Å². The van der Waals surface area contributed by atoms with E-state index in [1.807, 2.05) is 13.8 Å². The van der Waals surface area contributed by atoms with Gasteiger partial charge in [0, 0.05) is 10.8 Å². The first kappa shape index (κ1) is 19.9. The fourth-order valence-corrected chi connectivity index (χ4v) is 4.91. The Bertz CT molecular complexity index is 844. The number of carbonyl (C=O) groups is 3. The van der Waals surface area contributed by atoms with Gasteiger partial charge in [0.2, 0.25) is 5.91 Å². The number of non-ortho nitro benzene ring substituents is 1. The van der Waals surface area contributed by atoms with Crippen LogP contribution in [0.5, 0.6) is 5.75 Å². The summed E-state index contributed by atoms with van der Waals surface area (Å²) in [5, 5.41) is 13.0. The molecule has 1 N–H and O–H groups in total. The second-order valence-electron chi connectivity index (χ2n) is 6.87. The number of β-lactam (4-membered cyclic amide) rings is 1. The van der Waals surface area contributed by atoms with Crippen molar-refractivity contribution in [1.29, 1.82) is 0 Å². The Kier molecular flexibility index (Phi) is 5.20. The van der Waals surface area contributed by atoms with Gasteiger partial charge in [0.1, 0.15) is 23.2 Å². The molecule has 10 nitrogen and oxygen atoms in total. The highest BCUT2D eigenvalue weighted by atomic mass is 32.2. The average Bonchev–Trinajstić information content (AvgIpc) is 2.92. The third-order valence-corrected chi connectivity index (χ3v) is 6.15. The van der Waals surface area contributed by atoms with Crippen LogP contribution in [0.15, 0.2) is 24.3 Å². The SMILES string of the molecule is COC(=O)[C@@H]1N2C(=O)C(NC(=O)COc3cccc([N+](=O)[O-])c3)[C@H]2SC1(C)C. The number of hydrogen-bond acceptors (Lipinski definition) is 8. The number of nitrogens with one attached hydrogen (secondary N) is 1. The van der Waals surface area contributed by atoms with Crippen LogP contribution in [-0.2, 0) is 19.1 Å². The average molecular weight is 409 g/mol. The molecule has 2 fully saturated rings. The van der Waals surface area contributed by atoms with Crippen molar-refractivity contribution in [1.82, 2.24) is 10.2 Å². The molecule has 0 saturated carbocycles. The van der Waals surface area contributed by atoms with Crippen LogP contribution in [0.4, 0.5) is 5.69 Å². The van der Waals surface area contributed by atoms with Crippen LogP contribution in [0.3, 0.4) is 0 Å². The number of rotatable bonds is 6. The van der Waals surface area contributed by atoms with Crippen LogP contribution >= 0.6 is 11.8 Å². The lowest BCUT2D eigenvalue weighted by Gasteiger charge is -2.43. The molecule has 2 heterocycles. The molecule has 0 aromatic heterocycles. The minimum Gasteiger partial charge on any atom is -0.484 e. The normalized spacial score (nSPS) is 24.8.